The lowest BCUT2D eigenvalue weighted by Gasteiger charge is -2.27. The number of rotatable bonds is 2. The highest BCUT2D eigenvalue weighted by molar-refractivity contribution is 9.10. The third kappa shape index (κ3) is 2.10. The van der Waals surface area contributed by atoms with E-state index < -0.39 is 10.0 Å². The number of benzene rings is 1. The Bertz CT molecular complexity index is 630. The van der Waals surface area contributed by atoms with Crippen LogP contribution in [0.3, 0.4) is 0 Å². The zero-order valence-electron chi connectivity index (χ0n) is 10.8. The fraction of sp³-hybridized carbons (Fsp3) is 0.538. The fourth-order valence-electron chi connectivity index (χ4n) is 3.24. The summed E-state index contributed by atoms with van der Waals surface area (Å²) < 4.78 is 28.0. The highest BCUT2D eigenvalue weighted by Gasteiger charge is 2.44. The number of piperidine rings is 1. The van der Waals surface area contributed by atoms with Crippen molar-refractivity contribution >= 4 is 31.6 Å². The van der Waals surface area contributed by atoms with Crippen molar-refractivity contribution in [3.05, 3.63) is 22.2 Å². The normalized spacial score (nSPS) is 27.1. The van der Waals surface area contributed by atoms with Gasteiger partial charge in [-0.25, -0.2) is 8.42 Å². The lowest BCUT2D eigenvalue weighted by atomic mass is 10.1. The summed E-state index contributed by atoms with van der Waals surface area (Å²) in [5.41, 5.74) is 7.04. The monoisotopic (exact) mass is 344 g/mol. The van der Waals surface area contributed by atoms with Crippen molar-refractivity contribution in [1.82, 2.24) is 4.31 Å². The highest BCUT2D eigenvalue weighted by atomic mass is 79.9. The number of halogens is 1. The molecular formula is C13H17BrN2O2S. The maximum Gasteiger partial charge on any atom is 0.243 e. The first-order valence-corrected chi connectivity index (χ1v) is 8.70. The van der Waals surface area contributed by atoms with Gasteiger partial charge in [-0.3, -0.25) is 0 Å². The number of hydrogen-bond donors (Lipinski definition) is 1. The number of hydrogen-bond acceptors (Lipinski definition) is 3. The summed E-state index contributed by atoms with van der Waals surface area (Å²) in [6.07, 6.45) is 3.17. The minimum absolute atomic E-state index is 0.189. The molecule has 4 nitrogen and oxygen atoms in total. The van der Waals surface area contributed by atoms with Gasteiger partial charge in [0.25, 0.3) is 0 Å². The van der Waals surface area contributed by atoms with Crippen molar-refractivity contribution in [1.29, 1.82) is 0 Å². The summed E-state index contributed by atoms with van der Waals surface area (Å²) in [6.45, 7) is 2.43. The van der Waals surface area contributed by atoms with Gasteiger partial charge < -0.3 is 5.73 Å². The summed E-state index contributed by atoms with van der Waals surface area (Å²) in [5.74, 6) is 0.546. The van der Waals surface area contributed by atoms with Gasteiger partial charge in [-0.1, -0.05) is 15.9 Å². The predicted octanol–water partition coefficient (Wildman–Crippen LogP) is 2.51. The Morgan fingerprint density at radius 2 is 2.11 bits per heavy atom. The molecule has 2 unspecified atom stereocenters. The molecule has 0 spiro atoms. The van der Waals surface area contributed by atoms with Crippen LogP contribution in [0.2, 0.25) is 0 Å². The minimum atomic E-state index is -3.42. The van der Waals surface area contributed by atoms with E-state index in [1.165, 1.54) is 0 Å². The van der Waals surface area contributed by atoms with Crippen molar-refractivity contribution in [3.8, 4) is 0 Å². The lowest BCUT2D eigenvalue weighted by Crippen LogP contribution is -2.38. The molecule has 1 saturated carbocycles. The van der Waals surface area contributed by atoms with Crippen molar-refractivity contribution in [2.75, 3.05) is 12.3 Å². The van der Waals surface area contributed by atoms with Gasteiger partial charge in [-0.15, -0.1) is 0 Å². The zero-order chi connectivity index (χ0) is 13.8. The van der Waals surface area contributed by atoms with Gasteiger partial charge in [0.2, 0.25) is 10.0 Å². The van der Waals surface area contributed by atoms with Gasteiger partial charge in [0, 0.05) is 22.7 Å². The Morgan fingerprint density at radius 3 is 2.68 bits per heavy atom. The predicted molar refractivity (Wildman–Crippen MR) is 78.3 cm³/mol. The van der Waals surface area contributed by atoms with Crippen molar-refractivity contribution in [2.45, 2.75) is 37.1 Å². The number of sulfonamides is 1. The molecule has 1 aromatic carbocycles. The third-order valence-corrected chi connectivity index (χ3v) is 6.81. The first-order chi connectivity index (χ1) is 8.89. The van der Waals surface area contributed by atoms with E-state index in [9.17, 15) is 8.42 Å². The Kier molecular flexibility index (Phi) is 3.15. The summed E-state index contributed by atoms with van der Waals surface area (Å²) in [6, 6.07) is 3.59. The van der Waals surface area contributed by atoms with E-state index in [0.717, 1.165) is 19.3 Å². The van der Waals surface area contributed by atoms with Crippen LogP contribution in [-0.2, 0) is 10.0 Å². The molecule has 0 aromatic heterocycles. The number of nitrogens with zero attached hydrogens (tertiary/aromatic N) is 1. The van der Waals surface area contributed by atoms with Crippen LogP contribution >= 0.6 is 15.9 Å². The Balaban J connectivity index is 2.06. The molecule has 1 heterocycles. The molecule has 104 valence electrons. The van der Waals surface area contributed by atoms with Crippen molar-refractivity contribution in [3.63, 3.8) is 0 Å². The van der Waals surface area contributed by atoms with E-state index in [2.05, 4.69) is 15.9 Å². The molecule has 19 heavy (non-hydrogen) atoms. The Labute approximate surface area is 122 Å². The number of nitrogen functional groups attached to an aromatic ring is 1. The molecule has 2 aliphatic rings. The molecule has 0 radical (unpaired) electrons. The molecule has 1 aliphatic heterocycles. The largest absolute Gasteiger partial charge is 0.398 e. The quantitative estimate of drug-likeness (QED) is 0.838. The van der Waals surface area contributed by atoms with E-state index in [1.807, 2.05) is 0 Å². The first-order valence-electron chi connectivity index (χ1n) is 6.47. The fourth-order valence-corrected chi connectivity index (χ4v) is 5.89. The van der Waals surface area contributed by atoms with Crippen LogP contribution in [0, 0.1) is 12.8 Å². The Hall–Kier alpha value is -0.590. The van der Waals surface area contributed by atoms with Crippen molar-refractivity contribution in [2.24, 2.45) is 5.92 Å². The van der Waals surface area contributed by atoms with Gasteiger partial charge in [0.05, 0.1) is 4.90 Å². The Morgan fingerprint density at radius 1 is 1.37 bits per heavy atom. The van der Waals surface area contributed by atoms with Gasteiger partial charge in [0.15, 0.2) is 0 Å². The molecule has 1 aromatic rings. The highest BCUT2D eigenvalue weighted by Crippen LogP contribution is 2.41. The van der Waals surface area contributed by atoms with Gasteiger partial charge >= 0.3 is 0 Å². The number of nitrogens with two attached hydrogens (primary N) is 1. The maximum atomic E-state index is 12.8. The third-order valence-electron chi connectivity index (χ3n) is 4.31. The maximum absolute atomic E-state index is 12.8. The summed E-state index contributed by atoms with van der Waals surface area (Å²) in [7, 11) is -3.42. The van der Waals surface area contributed by atoms with Crippen LogP contribution in [-0.4, -0.2) is 25.3 Å². The lowest BCUT2D eigenvalue weighted by molar-refractivity contribution is 0.333. The van der Waals surface area contributed by atoms with Gasteiger partial charge in [-0.05, 0) is 49.8 Å². The number of anilines is 1. The summed E-state index contributed by atoms with van der Waals surface area (Å²) in [4.78, 5) is 0.340. The molecule has 1 aliphatic carbocycles. The average molecular weight is 345 g/mol. The topological polar surface area (TPSA) is 63.4 Å². The van der Waals surface area contributed by atoms with E-state index in [4.69, 9.17) is 5.73 Å². The smallest absolute Gasteiger partial charge is 0.243 e. The van der Waals surface area contributed by atoms with E-state index >= 15 is 0 Å². The molecule has 3 rings (SSSR count). The molecule has 2 N–H and O–H groups in total. The molecule has 2 bridgehead atoms. The molecule has 0 amide bonds. The van der Waals surface area contributed by atoms with Gasteiger partial charge in [-0.2, -0.15) is 4.31 Å². The minimum Gasteiger partial charge on any atom is -0.398 e. The molecule has 6 heteroatoms. The van der Waals surface area contributed by atoms with E-state index in [0.29, 0.717) is 33.1 Å². The van der Waals surface area contributed by atoms with Crippen LogP contribution in [0.25, 0.3) is 0 Å². The molecular weight excluding hydrogens is 328 g/mol. The van der Waals surface area contributed by atoms with Crippen molar-refractivity contribution < 1.29 is 8.42 Å². The molecule has 1 saturated heterocycles. The van der Waals surface area contributed by atoms with E-state index in [-0.39, 0.29) is 6.04 Å². The zero-order valence-corrected chi connectivity index (χ0v) is 13.2. The van der Waals surface area contributed by atoms with Crippen LogP contribution < -0.4 is 5.73 Å². The molecule has 2 fully saturated rings. The second-order valence-corrected chi connectivity index (χ2v) is 8.30. The van der Waals surface area contributed by atoms with Gasteiger partial charge in [0.1, 0.15) is 0 Å². The van der Waals surface area contributed by atoms with Crippen LogP contribution in [0.5, 0.6) is 0 Å². The first kappa shape index (κ1) is 13.4. The van der Waals surface area contributed by atoms with E-state index in [1.54, 1.807) is 23.4 Å². The summed E-state index contributed by atoms with van der Waals surface area (Å²) >= 11 is 3.33. The SMILES string of the molecule is Cc1c(N)cc(Br)cc1S(=O)(=O)N1CC2CCC1C2. The standard InChI is InChI=1S/C13H17BrN2O2S/c1-8-12(15)5-10(14)6-13(8)19(17,18)16-7-9-2-3-11(16)4-9/h5-6,9,11H,2-4,7,15H2,1H3. The second kappa shape index (κ2) is 4.46. The van der Waals surface area contributed by atoms with Crippen LogP contribution in [0.4, 0.5) is 5.69 Å². The van der Waals surface area contributed by atoms with Crippen LogP contribution in [0.1, 0.15) is 24.8 Å². The number of fused-ring (bicyclic) bond motifs is 2. The van der Waals surface area contributed by atoms with Crippen LogP contribution in [0.15, 0.2) is 21.5 Å². The molecule has 2 atom stereocenters. The average Bonchev–Trinajstić information content (AvgIpc) is 2.95. The summed E-state index contributed by atoms with van der Waals surface area (Å²) in [5, 5.41) is 0. The second-order valence-electron chi connectivity index (χ2n) is 5.53.